The fourth-order valence-electron chi connectivity index (χ4n) is 2.93. The van der Waals surface area contributed by atoms with E-state index in [1.807, 2.05) is 13.8 Å². The van der Waals surface area contributed by atoms with Crippen LogP contribution in [-0.4, -0.2) is 40.8 Å². The first-order valence-electron chi connectivity index (χ1n) is 10.9. The average Bonchev–Trinajstić information content (AvgIpc) is 3.42. The number of nitrogens with zero attached hydrogens (tertiary/aromatic N) is 2. The number of carbonyl (C=O) groups excluding carboxylic acids is 2. The van der Waals surface area contributed by atoms with Gasteiger partial charge in [-0.05, 0) is 30.9 Å². The van der Waals surface area contributed by atoms with Crippen molar-refractivity contribution in [3.8, 4) is 11.3 Å². The summed E-state index contributed by atoms with van der Waals surface area (Å²) in [5, 5.41) is 5.05. The maximum Gasteiger partial charge on any atom is 0.416 e. The molecule has 0 bridgehead atoms. The minimum Gasteiger partial charge on any atom is -0.368 e. The number of halogens is 3. The second kappa shape index (κ2) is 13.2. The van der Waals surface area contributed by atoms with Crippen molar-refractivity contribution in [1.29, 1.82) is 0 Å². The second-order valence-corrected chi connectivity index (χ2v) is 8.70. The first-order valence-corrected chi connectivity index (χ1v) is 11.8. The van der Waals surface area contributed by atoms with E-state index >= 15 is 0 Å². The predicted octanol–water partition coefficient (Wildman–Crippen LogP) is 5.41. The highest BCUT2D eigenvalue weighted by atomic mass is 32.1. The van der Waals surface area contributed by atoms with Crippen LogP contribution < -0.4 is 11.1 Å². The quantitative estimate of drug-likeness (QED) is 0.592. The number of nitrogens with one attached hydrogen (secondary N) is 1. The lowest BCUT2D eigenvalue weighted by molar-refractivity contribution is -0.137. The Balaban J connectivity index is 0.000000820. The molecule has 0 aliphatic carbocycles. The number of anilines is 1. The van der Waals surface area contributed by atoms with Gasteiger partial charge in [-0.2, -0.15) is 13.2 Å². The molecule has 10 heteroatoms. The van der Waals surface area contributed by atoms with Gasteiger partial charge in [-0.25, -0.2) is 4.98 Å². The van der Waals surface area contributed by atoms with Crippen LogP contribution in [0.5, 0.6) is 0 Å². The van der Waals surface area contributed by atoms with Crippen LogP contribution in [0, 0.1) is 5.92 Å². The zero-order valence-corrected chi connectivity index (χ0v) is 20.5. The molecule has 1 atom stereocenters. The Bertz CT molecular complexity index is 880. The summed E-state index contributed by atoms with van der Waals surface area (Å²) in [5.41, 5.74) is 5.64. The lowest BCUT2D eigenvalue weighted by atomic mass is 10.1. The normalized spacial score (nSPS) is 15.3. The number of benzene rings is 1. The number of thiazole rings is 1. The highest BCUT2D eigenvalue weighted by Gasteiger charge is 2.32. The molecule has 1 aromatic heterocycles. The smallest absolute Gasteiger partial charge is 0.368 e. The minimum atomic E-state index is -4.38. The van der Waals surface area contributed by atoms with Gasteiger partial charge in [0.15, 0.2) is 5.13 Å². The number of hydrogen-bond donors (Lipinski definition) is 2. The molecule has 2 heterocycles. The second-order valence-electron chi connectivity index (χ2n) is 7.85. The van der Waals surface area contributed by atoms with Gasteiger partial charge in [0.2, 0.25) is 11.8 Å². The SMILES string of the molecule is CC.CC(C)C.NC(=O)[C@@H]1CCCN1C(=O)CNc1nc(-c2ccc(C(F)(F)F)cc2)cs1. The van der Waals surface area contributed by atoms with Gasteiger partial charge in [0.1, 0.15) is 6.04 Å². The van der Waals surface area contributed by atoms with Crippen molar-refractivity contribution in [2.24, 2.45) is 11.7 Å². The van der Waals surface area contributed by atoms with Crippen molar-refractivity contribution >= 4 is 28.3 Å². The largest absolute Gasteiger partial charge is 0.416 e. The molecule has 0 unspecified atom stereocenters. The fraction of sp³-hybridized carbons (Fsp3) is 0.522. The third-order valence-electron chi connectivity index (χ3n) is 4.30. The van der Waals surface area contributed by atoms with E-state index in [1.54, 1.807) is 5.38 Å². The first kappa shape index (κ1) is 28.4. The van der Waals surface area contributed by atoms with Crippen LogP contribution in [0.3, 0.4) is 0 Å². The van der Waals surface area contributed by atoms with Crippen LogP contribution in [-0.2, 0) is 15.8 Å². The summed E-state index contributed by atoms with van der Waals surface area (Å²) in [6.45, 7) is 11.0. The Morgan fingerprint density at radius 3 is 2.30 bits per heavy atom. The molecule has 1 saturated heterocycles. The maximum absolute atomic E-state index is 12.6. The van der Waals surface area contributed by atoms with E-state index in [1.165, 1.54) is 28.4 Å². The number of carbonyl (C=O) groups is 2. The number of aromatic nitrogens is 1. The summed E-state index contributed by atoms with van der Waals surface area (Å²) in [6, 6.07) is 4.15. The first-order chi connectivity index (χ1) is 15.5. The van der Waals surface area contributed by atoms with Gasteiger partial charge in [0.05, 0.1) is 17.8 Å². The maximum atomic E-state index is 12.6. The van der Waals surface area contributed by atoms with Crippen molar-refractivity contribution < 1.29 is 22.8 Å². The van der Waals surface area contributed by atoms with Gasteiger partial charge >= 0.3 is 6.18 Å². The summed E-state index contributed by atoms with van der Waals surface area (Å²) < 4.78 is 37.9. The highest BCUT2D eigenvalue weighted by molar-refractivity contribution is 7.14. The van der Waals surface area contributed by atoms with E-state index in [0.29, 0.717) is 29.4 Å². The summed E-state index contributed by atoms with van der Waals surface area (Å²) >= 11 is 1.24. The van der Waals surface area contributed by atoms with E-state index in [9.17, 15) is 22.8 Å². The number of likely N-dealkylation sites (tertiary alicyclic amines) is 1. The third kappa shape index (κ3) is 9.03. The van der Waals surface area contributed by atoms with E-state index < -0.39 is 23.7 Å². The van der Waals surface area contributed by atoms with Crippen LogP contribution in [0.4, 0.5) is 18.3 Å². The Morgan fingerprint density at radius 2 is 1.79 bits per heavy atom. The van der Waals surface area contributed by atoms with E-state index in [4.69, 9.17) is 5.73 Å². The zero-order chi connectivity index (χ0) is 25.2. The van der Waals surface area contributed by atoms with Gasteiger partial charge in [-0.15, -0.1) is 11.3 Å². The number of nitrogens with two attached hydrogens (primary N) is 1. The highest BCUT2D eigenvalue weighted by Crippen LogP contribution is 2.31. The number of rotatable bonds is 5. The molecule has 33 heavy (non-hydrogen) atoms. The summed E-state index contributed by atoms with van der Waals surface area (Å²) in [6.07, 6.45) is -3.09. The molecule has 0 saturated carbocycles. The molecule has 3 rings (SSSR count). The third-order valence-corrected chi connectivity index (χ3v) is 5.10. The number of alkyl halides is 3. The van der Waals surface area contributed by atoms with Crippen molar-refractivity contribution in [2.75, 3.05) is 18.4 Å². The number of amides is 2. The Kier molecular flexibility index (Phi) is 11.3. The van der Waals surface area contributed by atoms with Crippen molar-refractivity contribution in [3.63, 3.8) is 0 Å². The topological polar surface area (TPSA) is 88.3 Å². The molecule has 184 valence electrons. The average molecular weight is 487 g/mol. The molecule has 0 radical (unpaired) electrons. The molecule has 6 nitrogen and oxygen atoms in total. The molecule has 0 spiro atoms. The molecule has 1 aromatic carbocycles. The van der Waals surface area contributed by atoms with Crippen LogP contribution in [0.2, 0.25) is 0 Å². The molecular formula is C23H33F3N4O2S. The van der Waals surface area contributed by atoms with Crippen molar-refractivity contribution in [3.05, 3.63) is 35.2 Å². The van der Waals surface area contributed by atoms with Gasteiger partial charge < -0.3 is 16.0 Å². The van der Waals surface area contributed by atoms with Crippen molar-refractivity contribution in [2.45, 2.75) is 59.7 Å². The van der Waals surface area contributed by atoms with E-state index in [0.717, 1.165) is 24.5 Å². The van der Waals surface area contributed by atoms with Gasteiger partial charge in [0.25, 0.3) is 0 Å². The minimum absolute atomic E-state index is 0.0380. The summed E-state index contributed by atoms with van der Waals surface area (Å²) in [4.78, 5) is 29.4. The van der Waals surface area contributed by atoms with E-state index in [2.05, 4.69) is 31.1 Å². The molecule has 2 amide bonds. The summed E-state index contributed by atoms with van der Waals surface area (Å²) in [7, 11) is 0. The molecule has 1 aliphatic heterocycles. The molecule has 1 aliphatic rings. The predicted molar refractivity (Wildman–Crippen MR) is 127 cm³/mol. The van der Waals surface area contributed by atoms with Gasteiger partial charge in [-0.3, -0.25) is 9.59 Å². The van der Waals surface area contributed by atoms with Crippen molar-refractivity contribution in [1.82, 2.24) is 9.88 Å². The molecule has 3 N–H and O–H groups in total. The van der Waals surface area contributed by atoms with Gasteiger partial charge in [-0.1, -0.05) is 46.8 Å². The Labute approximate surface area is 197 Å². The lowest BCUT2D eigenvalue weighted by Crippen LogP contribution is -2.45. The number of hydrogen-bond acceptors (Lipinski definition) is 5. The number of primary amides is 1. The summed E-state index contributed by atoms with van der Waals surface area (Å²) in [5.74, 6) is 0.0715. The van der Waals surface area contributed by atoms with Crippen LogP contribution >= 0.6 is 11.3 Å². The Morgan fingerprint density at radius 1 is 1.21 bits per heavy atom. The molecule has 2 aromatic rings. The molecule has 1 fully saturated rings. The lowest BCUT2D eigenvalue weighted by Gasteiger charge is -2.22. The van der Waals surface area contributed by atoms with Crippen LogP contribution in [0.25, 0.3) is 11.3 Å². The zero-order valence-electron chi connectivity index (χ0n) is 19.7. The van der Waals surface area contributed by atoms with E-state index in [-0.39, 0.29) is 12.5 Å². The Hall–Kier alpha value is -2.62. The monoisotopic (exact) mass is 486 g/mol. The standard InChI is InChI=1S/C17H17F3N4O2S.C4H10.C2H6/c18-17(19,20)11-5-3-10(4-6-11)12-9-27-16(23-12)22-8-14(25)24-7-1-2-13(24)15(21)26;1-4(2)3;1-2/h3-6,9,13H,1-2,7-8H2,(H2,21,26)(H,22,23);4H,1-3H3;1-2H3/t13-;;/m0../s1. The van der Waals surface area contributed by atoms with Crippen LogP contribution in [0.15, 0.2) is 29.6 Å². The van der Waals surface area contributed by atoms with Crippen LogP contribution in [0.1, 0.15) is 53.0 Å². The fourth-order valence-corrected chi connectivity index (χ4v) is 3.65. The van der Waals surface area contributed by atoms with Gasteiger partial charge in [0, 0.05) is 17.5 Å². The molecular weight excluding hydrogens is 453 g/mol.